The Morgan fingerprint density at radius 3 is 2.93 bits per heavy atom. The fourth-order valence-electron chi connectivity index (χ4n) is 1.86. The quantitative estimate of drug-likeness (QED) is 0.669. The van der Waals surface area contributed by atoms with Crippen LogP contribution in [0.1, 0.15) is 17.9 Å². The molecule has 14 heavy (non-hydrogen) atoms. The van der Waals surface area contributed by atoms with E-state index < -0.39 is 0 Å². The van der Waals surface area contributed by atoms with Crippen molar-refractivity contribution in [3.63, 3.8) is 0 Å². The minimum absolute atomic E-state index is 0.0211. The smallest absolute Gasteiger partial charge is 0.235 e. The van der Waals surface area contributed by atoms with E-state index in [0.29, 0.717) is 0 Å². The topological polar surface area (TPSA) is 44.1 Å². The summed E-state index contributed by atoms with van der Waals surface area (Å²) in [7, 11) is 1.75. The Kier molecular flexibility index (Phi) is 1.97. The summed E-state index contributed by atoms with van der Waals surface area (Å²) in [6.45, 7) is 0. The molecule has 1 aliphatic heterocycles. The van der Waals surface area contributed by atoms with E-state index in [9.17, 15) is 4.79 Å². The molecule has 0 fully saturated rings. The van der Waals surface area contributed by atoms with Gasteiger partial charge in [0, 0.05) is 12.7 Å². The van der Waals surface area contributed by atoms with E-state index in [1.165, 1.54) is 0 Å². The maximum atomic E-state index is 11.7. The summed E-state index contributed by atoms with van der Waals surface area (Å²) in [6, 6.07) is 9.68. The maximum absolute atomic E-state index is 11.7. The third-order valence-electron chi connectivity index (χ3n) is 2.60. The summed E-state index contributed by atoms with van der Waals surface area (Å²) in [5.41, 5.74) is 1.90. The summed E-state index contributed by atoms with van der Waals surface area (Å²) in [5.74, 6) is -0.242. The van der Waals surface area contributed by atoms with Gasteiger partial charge in [0.1, 0.15) is 0 Å². The van der Waals surface area contributed by atoms with Gasteiger partial charge in [-0.2, -0.15) is 5.26 Å². The lowest BCUT2D eigenvalue weighted by atomic mass is 9.98. The molecule has 0 N–H and O–H groups in total. The molecule has 1 aromatic carbocycles. The molecule has 0 spiro atoms. The van der Waals surface area contributed by atoms with Crippen molar-refractivity contribution < 1.29 is 4.79 Å². The molecule has 0 aromatic heterocycles. The Balaban J connectivity index is 2.49. The van der Waals surface area contributed by atoms with Crippen LogP contribution in [0, 0.1) is 11.3 Å². The van der Waals surface area contributed by atoms with Crippen LogP contribution >= 0.6 is 0 Å². The van der Waals surface area contributed by atoms with E-state index in [2.05, 4.69) is 6.07 Å². The second-order valence-corrected chi connectivity index (χ2v) is 3.37. The normalized spacial score (nSPS) is 19.3. The number of fused-ring (bicyclic) bond motifs is 1. The molecule has 0 aliphatic carbocycles. The Morgan fingerprint density at radius 1 is 1.50 bits per heavy atom. The molecule has 1 aromatic rings. The van der Waals surface area contributed by atoms with Crippen molar-refractivity contribution in [2.45, 2.75) is 12.3 Å². The SMILES string of the molecule is CN1C(=O)[C@@H](CC#N)c2ccccc21. The number of amides is 1. The number of hydrogen-bond donors (Lipinski definition) is 0. The maximum Gasteiger partial charge on any atom is 0.235 e. The highest BCUT2D eigenvalue weighted by molar-refractivity contribution is 6.04. The Labute approximate surface area is 82.6 Å². The first kappa shape index (κ1) is 8.76. The van der Waals surface area contributed by atoms with Crippen LogP contribution < -0.4 is 4.90 Å². The van der Waals surface area contributed by atoms with Crippen LogP contribution in [-0.2, 0) is 4.79 Å². The molecule has 2 rings (SSSR count). The van der Waals surface area contributed by atoms with Crippen LogP contribution in [0.25, 0.3) is 0 Å². The van der Waals surface area contributed by atoms with Crippen LogP contribution in [-0.4, -0.2) is 13.0 Å². The first-order chi connectivity index (χ1) is 6.75. The predicted octanol–water partition coefficient (Wildman–Crippen LogP) is 1.66. The van der Waals surface area contributed by atoms with E-state index in [1.54, 1.807) is 11.9 Å². The first-order valence-electron chi connectivity index (χ1n) is 4.49. The zero-order valence-electron chi connectivity index (χ0n) is 7.90. The van der Waals surface area contributed by atoms with Gasteiger partial charge in [0.15, 0.2) is 0 Å². The lowest BCUT2D eigenvalue weighted by molar-refractivity contribution is -0.118. The highest BCUT2D eigenvalue weighted by Crippen LogP contribution is 2.37. The highest BCUT2D eigenvalue weighted by Gasteiger charge is 2.34. The van der Waals surface area contributed by atoms with E-state index in [1.807, 2.05) is 24.3 Å². The molecule has 1 amide bonds. The van der Waals surface area contributed by atoms with Gasteiger partial charge in [0.2, 0.25) is 5.91 Å². The van der Waals surface area contributed by atoms with Crippen molar-refractivity contribution in [2.75, 3.05) is 11.9 Å². The van der Waals surface area contributed by atoms with E-state index in [4.69, 9.17) is 5.26 Å². The summed E-state index contributed by atoms with van der Waals surface area (Å²) >= 11 is 0. The summed E-state index contributed by atoms with van der Waals surface area (Å²) < 4.78 is 0. The summed E-state index contributed by atoms with van der Waals surface area (Å²) in [5, 5.41) is 8.64. The summed E-state index contributed by atoms with van der Waals surface area (Å²) in [4.78, 5) is 13.3. The first-order valence-corrected chi connectivity index (χ1v) is 4.49. The number of para-hydroxylation sites is 1. The second kappa shape index (κ2) is 3.15. The Bertz CT molecular complexity index is 420. The molecular formula is C11H10N2O. The van der Waals surface area contributed by atoms with Crippen molar-refractivity contribution in [1.82, 2.24) is 0 Å². The fourth-order valence-corrected chi connectivity index (χ4v) is 1.86. The molecule has 3 heteroatoms. The largest absolute Gasteiger partial charge is 0.315 e. The van der Waals surface area contributed by atoms with Gasteiger partial charge in [0.05, 0.1) is 18.4 Å². The average molecular weight is 186 g/mol. The molecule has 0 radical (unpaired) electrons. The van der Waals surface area contributed by atoms with Crippen molar-refractivity contribution in [3.8, 4) is 6.07 Å². The van der Waals surface area contributed by atoms with Gasteiger partial charge in [-0.1, -0.05) is 18.2 Å². The fraction of sp³-hybridized carbons (Fsp3) is 0.273. The van der Waals surface area contributed by atoms with Crippen molar-refractivity contribution in [1.29, 1.82) is 5.26 Å². The molecular weight excluding hydrogens is 176 g/mol. The second-order valence-electron chi connectivity index (χ2n) is 3.37. The molecule has 1 atom stereocenters. The molecule has 0 bridgehead atoms. The third kappa shape index (κ3) is 1.08. The average Bonchev–Trinajstić information content (AvgIpc) is 2.45. The monoisotopic (exact) mass is 186 g/mol. The van der Waals surface area contributed by atoms with Gasteiger partial charge >= 0.3 is 0 Å². The summed E-state index contributed by atoms with van der Waals surface area (Å²) in [6.07, 6.45) is 0.264. The van der Waals surface area contributed by atoms with Crippen LogP contribution in [0.4, 0.5) is 5.69 Å². The predicted molar refractivity (Wildman–Crippen MR) is 52.8 cm³/mol. The minimum atomic E-state index is -0.263. The van der Waals surface area contributed by atoms with Crippen LogP contribution in [0.2, 0.25) is 0 Å². The Morgan fingerprint density at radius 2 is 2.21 bits per heavy atom. The number of anilines is 1. The van der Waals surface area contributed by atoms with Gasteiger partial charge < -0.3 is 4.90 Å². The number of benzene rings is 1. The van der Waals surface area contributed by atoms with E-state index in [0.717, 1.165) is 11.3 Å². The number of nitrogens with zero attached hydrogens (tertiary/aromatic N) is 2. The Hall–Kier alpha value is -1.82. The third-order valence-corrected chi connectivity index (χ3v) is 2.60. The molecule has 70 valence electrons. The standard InChI is InChI=1S/C11H10N2O/c1-13-10-5-3-2-4-8(10)9(6-7-12)11(13)14/h2-5,9H,6H2,1H3/t9-/m0/s1. The van der Waals surface area contributed by atoms with E-state index in [-0.39, 0.29) is 18.2 Å². The van der Waals surface area contributed by atoms with Crippen molar-refractivity contribution in [3.05, 3.63) is 29.8 Å². The molecule has 1 aliphatic rings. The highest BCUT2D eigenvalue weighted by atomic mass is 16.2. The van der Waals surface area contributed by atoms with Crippen molar-refractivity contribution in [2.24, 2.45) is 0 Å². The number of carbonyl (C=O) groups excluding carboxylic acids is 1. The molecule has 3 nitrogen and oxygen atoms in total. The van der Waals surface area contributed by atoms with Gasteiger partial charge in [-0.05, 0) is 11.6 Å². The molecule has 1 heterocycles. The zero-order valence-corrected chi connectivity index (χ0v) is 7.90. The van der Waals surface area contributed by atoms with Crippen LogP contribution in [0.5, 0.6) is 0 Å². The van der Waals surface area contributed by atoms with Crippen LogP contribution in [0.15, 0.2) is 24.3 Å². The number of nitriles is 1. The molecule has 0 saturated carbocycles. The number of rotatable bonds is 1. The van der Waals surface area contributed by atoms with E-state index >= 15 is 0 Å². The number of hydrogen-bond acceptors (Lipinski definition) is 2. The minimum Gasteiger partial charge on any atom is -0.315 e. The van der Waals surface area contributed by atoms with Gasteiger partial charge in [-0.3, -0.25) is 4.79 Å². The van der Waals surface area contributed by atoms with Gasteiger partial charge in [0.25, 0.3) is 0 Å². The molecule has 0 saturated heterocycles. The van der Waals surface area contributed by atoms with Crippen LogP contribution in [0.3, 0.4) is 0 Å². The van der Waals surface area contributed by atoms with Gasteiger partial charge in [-0.15, -0.1) is 0 Å². The van der Waals surface area contributed by atoms with Crippen molar-refractivity contribution >= 4 is 11.6 Å². The van der Waals surface area contributed by atoms with Gasteiger partial charge in [-0.25, -0.2) is 0 Å². The zero-order chi connectivity index (χ0) is 10.1. The lowest BCUT2D eigenvalue weighted by Gasteiger charge is -2.09. The molecule has 0 unspecified atom stereocenters. The number of carbonyl (C=O) groups is 1. The number of likely N-dealkylation sites (N-methyl/N-ethyl adjacent to an activating group) is 1. The lowest BCUT2D eigenvalue weighted by Crippen LogP contribution is -2.23.